The van der Waals surface area contributed by atoms with E-state index in [4.69, 9.17) is 9.47 Å². The van der Waals surface area contributed by atoms with E-state index in [9.17, 15) is 30.0 Å². The molecule has 0 atom stereocenters. The van der Waals surface area contributed by atoms with Crippen molar-refractivity contribution < 1.29 is 39.5 Å². The molecule has 37 heavy (non-hydrogen) atoms. The number of carbonyl (C=O) groups is 2. The van der Waals surface area contributed by atoms with Gasteiger partial charge in [-0.1, -0.05) is 70.6 Å². The normalized spacial score (nSPS) is 10.8. The second-order valence-electron chi connectivity index (χ2n) is 9.35. The molecule has 0 amide bonds. The number of benzene rings is 2. The Morgan fingerprint density at radius 3 is 1.05 bits per heavy atom. The summed E-state index contributed by atoms with van der Waals surface area (Å²) in [6, 6.07) is 7.92. The van der Waals surface area contributed by atoms with E-state index < -0.39 is 0 Å². The Labute approximate surface area is 218 Å². The van der Waals surface area contributed by atoms with Gasteiger partial charge in [-0.2, -0.15) is 0 Å². The van der Waals surface area contributed by atoms with Crippen LogP contribution in [0, 0.1) is 0 Å². The second kappa shape index (κ2) is 17.1. The number of hydrogen-bond acceptors (Lipinski definition) is 8. The fourth-order valence-electron chi connectivity index (χ4n) is 3.98. The van der Waals surface area contributed by atoms with Crippen LogP contribution in [-0.4, -0.2) is 32.4 Å². The van der Waals surface area contributed by atoms with Crippen LogP contribution >= 0.6 is 0 Å². The standard InChI is InChI=1S/C29H40O8/c30-24-18-16-22(20-26(24)32)36-28(34)14-12-10-8-6-4-2-1-3-5-7-9-11-13-15-29(35)37-23-17-19-25(31)27(33)21-23/h16-21,30-33H,1-15H2. The first-order chi connectivity index (χ1) is 17.8. The van der Waals surface area contributed by atoms with Gasteiger partial charge in [-0.05, 0) is 37.1 Å². The first-order valence-corrected chi connectivity index (χ1v) is 13.3. The summed E-state index contributed by atoms with van der Waals surface area (Å²) in [6.45, 7) is 0. The topological polar surface area (TPSA) is 134 Å². The third-order valence-corrected chi connectivity index (χ3v) is 6.12. The van der Waals surface area contributed by atoms with Crippen molar-refractivity contribution in [2.75, 3.05) is 0 Å². The maximum absolute atomic E-state index is 11.8. The van der Waals surface area contributed by atoms with E-state index in [1.54, 1.807) is 0 Å². The zero-order chi connectivity index (χ0) is 26.9. The van der Waals surface area contributed by atoms with E-state index in [-0.39, 0.29) is 46.4 Å². The molecule has 2 aromatic rings. The zero-order valence-corrected chi connectivity index (χ0v) is 21.5. The highest BCUT2D eigenvalue weighted by molar-refractivity contribution is 5.73. The molecule has 0 fully saturated rings. The van der Waals surface area contributed by atoms with Crippen LogP contribution in [0.25, 0.3) is 0 Å². The molecule has 4 N–H and O–H groups in total. The van der Waals surface area contributed by atoms with Crippen LogP contribution in [-0.2, 0) is 9.59 Å². The van der Waals surface area contributed by atoms with Crippen molar-refractivity contribution in [1.29, 1.82) is 0 Å². The van der Waals surface area contributed by atoms with Crippen LogP contribution in [0.2, 0.25) is 0 Å². The average Bonchev–Trinajstić information content (AvgIpc) is 2.86. The molecule has 0 aliphatic carbocycles. The van der Waals surface area contributed by atoms with Gasteiger partial charge in [0.1, 0.15) is 11.5 Å². The smallest absolute Gasteiger partial charge is 0.311 e. The quantitative estimate of drug-likeness (QED) is 0.0730. The van der Waals surface area contributed by atoms with Crippen LogP contribution in [0.5, 0.6) is 34.5 Å². The van der Waals surface area contributed by atoms with Crippen molar-refractivity contribution in [3.8, 4) is 34.5 Å². The minimum atomic E-state index is -0.333. The van der Waals surface area contributed by atoms with Crippen molar-refractivity contribution >= 4 is 11.9 Å². The molecule has 0 heterocycles. The summed E-state index contributed by atoms with van der Waals surface area (Å²) in [5.74, 6) is -1.31. The number of hydrogen-bond donors (Lipinski definition) is 4. The number of esters is 2. The lowest BCUT2D eigenvalue weighted by molar-refractivity contribution is -0.135. The SMILES string of the molecule is O=C(CCCCCCCCCCCCCCCC(=O)Oc1ccc(O)c(O)c1)Oc1ccc(O)c(O)c1. The molecule has 0 aliphatic rings. The summed E-state index contributed by atoms with van der Waals surface area (Å²) in [7, 11) is 0. The molecule has 0 spiro atoms. The predicted molar refractivity (Wildman–Crippen MR) is 140 cm³/mol. The maximum atomic E-state index is 11.8. The van der Waals surface area contributed by atoms with E-state index in [2.05, 4.69) is 0 Å². The van der Waals surface area contributed by atoms with E-state index >= 15 is 0 Å². The highest BCUT2D eigenvalue weighted by Crippen LogP contribution is 2.30. The van der Waals surface area contributed by atoms with Crippen molar-refractivity contribution in [2.45, 2.75) is 96.3 Å². The van der Waals surface area contributed by atoms with Gasteiger partial charge in [0, 0.05) is 25.0 Å². The van der Waals surface area contributed by atoms with E-state index in [0.717, 1.165) is 38.5 Å². The molecule has 0 unspecified atom stereocenters. The summed E-state index contributed by atoms with van der Waals surface area (Å²) in [6.07, 6.45) is 14.8. The molecule has 8 nitrogen and oxygen atoms in total. The van der Waals surface area contributed by atoms with Gasteiger partial charge >= 0.3 is 11.9 Å². The first-order valence-electron chi connectivity index (χ1n) is 13.3. The largest absolute Gasteiger partial charge is 0.504 e. The summed E-state index contributed by atoms with van der Waals surface area (Å²) in [5, 5.41) is 37.4. The molecular formula is C29H40O8. The van der Waals surface area contributed by atoms with Gasteiger partial charge in [-0.25, -0.2) is 0 Å². The van der Waals surface area contributed by atoms with Crippen molar-refractivity contribution in [3.05, 3.63) is 36.4 Å². The van der Waals surface area contributed by atoms with E-state index in [1.807, 2.05) is 0 Å². The molecular weight excluding hydrogens is 476 g/mol. The fraction of sp³-hybridized carbons (Fsp3) is 0.517. The van der Waals surface area contributed by atoms with Gasteiger partial charge in [-0.15, -0.1) is 0 Å². The Morgan fingerprint density at radius 1 is 0.459 bits per heavy atom. The molecule has 0 saturated carbocycles. The average molecular weight is 517 g/mol. The Hall–Kier alpha value is -3.42. The van der Waals surface area contributed by atoms with Gasteiger partial charge in [0.05, 0.1) is 0 Å². The number of aromatic hydroxyl groups is 4. The molecule has 0 aromatic heterocycles. The highest BCUT2D eigenvalue weighted by atomic mass is 16.5. The molecule has 0 bridgehead atoms. The number of phenolic OH excluding ortho intramolecular Hbond substituents is 4. The monoisotopic (exact) mass is 516 g/mol. The molecule has 0 radical (unpaired) electrons. The highest BCUT2D eigenvalue weighted by Gasteiger charge is 2.08. The first kappa shape index (κ1) is 29.8. The lowest BCUT2D eigenvalue weighted by Crippen LogP contribution is -2.07. The van der Waals surface area contributed by atoms with Crippen LogP contribution < -0.4 is 9.47 Å². The Morgan fingerprint density at radius 2 is 0.757 bits per heavy atom. The summed E-state index contributed by atoms with van der Waals surface area (Å²) in [5.41, 5.74) is 0. The third-order valence-electron chi connectivity index (χ3n) is 6.12. The van der Waals surface area contributed by atoms with Gasteiger partial charge in [0.15, 0.2) is 23.0 Å². The van der Waals surface area contributed by atoms with Crippen molar-refractivity contribution in [2.24, 2.45) is 0 Å². The van der Waals surface area contributed by atoms with Crippen molar-refractivity contribution in [1.82, 2.24) is 0 Å². The Kier molecular flexibility index (Phi) is 13.8. The number of rotatable bonds is 18. The fourth-order valence-corrected chi connectivity index (χ4v) is 3.98. The molecule has 0 aliphatic heterocycles. The molecule has 204 valence electrons. The number of phenols is 4. The van der Waals surface area contributed by atoms with Gasteiger partial charge < -0.3 is 29.9 Å². The minimum absolute atomic E-state index is 0.231. The third kappa shape index (κ3) is 12.9. The minimum Gasteiger partial charge on any atom is -0.504 e. The van der Waals surface area contributed by atoms with Crippen LogP contribution in [0.4, 0.5) is 0 Å². The zero-order valence-electron chi connectivity index (χ0n) is 21.5. The summed E-state index contributed by atoms with van der Waals surface area (Å²) in [4.78, 5) is 23.7. The van der Waals surface area contributed by atoms with Crippen molar-refractivity contribution in [3.63, 3.8) is 0 Å². The Bertz CT molecular complexity index is 895. The lowest BCUT2D eigenvalue weighted by Gasteiger charge is -2.06. The maximum Gasteiger partial charge on any atom is 0.311 e. The molecule has 8 heteroatoms. The van der Waals surface area contributed by atoms with Crippen LogP contribution in [0.1, 0.15) is 96.3 Å². The molecule has 2 aromatic carbocycles. The van der Waals surface area contributed by atoms with E-state index in [0.29, 0.717) is 12.8 Å². The number of carbonyl (C=O) groups excluding carboxylic acids is 2. The second-order valence-corrected chi connectivity index (χ2v) is 9.35. The van der Waals surface area contributed by atoms with Gasteiger partial charge in [0.2, 0.25) is 0 Å². The van der Waals surface area contributed by atoms with Gasteiger partial charge in [0.25, 0.3) is 0 Å². The summed E-state index contributed by atoms with van der Waals surface area (Å²) >= 11 is 0. The van der Waals surface area contributed by atoms with Gasteiger partial charge in [-0.3, -0.25) is 9.59 Å². The Balaban J connectivity index is 1.33. The van der Waals surface area contributed by atoms with E-state index in [1.165, 1.54) is 81.3 Å². The summed E-state index contributed by atoms with van der Waals surface area (Å²) < 4.78 is 10.3. The lowest BCUT2D eigenvalue weighted by atomic mass is 10.0. The molecule has 2 rings (SSSR count). The van der Waals surface area contributed by atoms with Crippen LogP contribution in [0.15, 0.2) is 36.4 Å². The predicted octanol–water partition coefficient (Wildman–Crippen LogP) is 6.87. The number of ether oxygens (including phenoxy) is 2. The molecule has 0 saturated heterocycles. The number of unbranched alkanes of at least 4 members (excludes halogenated alkanes) is 12. The van der Waals surface area contributed by atoms with Crippen LogP contribution in [0.3, 0.4) is 0 Å².